The molecule has 0 atom stereocenters. The summed E-state index contributed by atoms with van der Waals surface area (Å²) < 4.78 is 11.3. The minimum atomic E-state index is -0.667. The third kappa shape index (κ3) is 2.97. The molecule has 1 fully saturated rings. The van der Waals surface area contributed by atoms with Gasteiger partial charge in [0.1, 0.15) is 4.99 Å². The van der Waals surface area contributed by atoms with Crippen molar-refractivity contribution in [3.8, 4) is 0 Å². The second kappa shape index (κ2) is 5.33. The molecule has 1 aromatic rings. The Morgan fingerprint density at radius 1 is 1.41 bits per heavy atom. The lowest BCUT2D eigenvalue weighted by Gasteiger charge is -2.28. The van der Waals surface area contributed by atoms with Crippen molar-refractivity contribution in [2.45, 2.75) is 0 Å². The number of hydrogen-bond donors (Lipinski definition) is 1. The van der Waals surface area contributed by atoms with Crippen LogP contribution in [0, 0.1) is 0 Å². The number of hydrogen-bond acceptors (Lipinski definition) is 3. The molecular weight excluding hydrogens is 276 g/mol. The summed E-state index contributed by atoms with van der Waals surface area (Å²) >= 11 is 11.0. The number of benzene rings is 1. The van der Waals surface area contributed by atoms with Crippen molar-refractivity contribution in [2.75, 3.05) is 29.5 Å². The van der Waals surface area contributed by atoms with E-state index in [1.807, 2.05) is 18.2 Å². The highest BCUT2D eigenvalue weighted by Gasteiger charge is 2.16. The maximum absolute atomic E-state index is 11.3. The second-order valence-corrected chi connectivity index (χ2v) is 6.41. The minimum Gasteiger partial charge on any atom is -0.389 e. The molecule has 2 N–H and O–H groups in total. The van der Waals surface area contributed by atoms with E-state index in [0.29, 0.717) is 27.1 Å². The van der Waals surface area contributed by atoms with Crippen LogP contribution in [-0.2, 0) is 10.8 Å². The van der Waals surface area contributed by atoms with E-state index in [9.17, 15) is 4.21 Å². The van der Waals surface area contributed by atoms with Gasteiger partial charge in [-0.1, -0.05) is 23.8 Å². The molecule has 0 spiro atoms. The van der Waals surface area contributed by atoms with Crippen molar-refractivity contribution < 1.29 is 4.21 Å². The Balaban J connectivity index is 2.20. The van der Waals surface area contributed by atoms with Gasteiger partial charge in [0.15, 0.2) is 0 Å². The molecule has 0 radical (unpaired) electrons. The molecule has 1 aliphatic rings. The van der Waals surface area contributed by atoms with E-state index in [1.165, 1.54) is 0 Å². The summed E-state index contributed by atoms with van der Waals surface area (Å²) in [7, 11) is -0.667. The molecule has 0 aromatic heterocycles. The highest BCUT2D eigenvalue weighted by Crippen LogP contribution is 2.24. The predicted molar refractivity (Wildman–Crippen MR) is 77.4 cm³/mol. The third-order valence-corrected chi connectivity index (χ3v) is 4.57. The summed E-state index contributed by atoms with van der Waals surface area (Å²) in [6, 6.07) is 5.66. The topological polar surface area (TPSA) is 46.3 Å². The molecule has 3 nitrogen and oxygen atoms in total. The van der Waals surface area contributed by atoms with Crippen LogP contribution in [0.3, 0.4) is 0 Å². The van der Waals surface area contributed by atoms with Gasteiger partial charge in [-0.25, -0.2) is 0 Å². The molecule has 1 saturated heterocycles. The average molecular weight is 289 g/mol. The van der Waals surface area contributed by atoms with Gasteiger partial charge in [-0.2, -0.15) is 0 Å². The molecule has 1 aromatic carbocycles. The first-order valence-corrected chi connectivity index (χ1v) is 7.54. The quantitative estimate of drug-likeness (QED) is 0.839. The Labute approximate surface area is 113 Å². The molecule has 0 saturated carbocycles. The van der Waals surface area contributed by atoms with Crippen LogP contribution >= 0.6 is 23.8 Å². The molecule has 1 heterocycles. The van der Waals surface area contributed by atoms with E-state index < -0.39 is 10.8 Å². The predicted octanol–water partition coefficient (Wildman–Crippen LogP) is 1.54. The lowest BCUT2D eigenvalue weighted by Crippen LogP contribution is -2.37. The first kappa shape index (κ1) is 12.8. The van der Waals surface area contributed by atoms with Crippen molar-refractivity contribution in [1.82, 2.24) is 0 Å². The minimum absolute atomic E-state index is 0.307. The van der Waals surface area contributed by atoms with E-state index in [4.69, 9.17) is 29.6 Å². The van der Waals surface area contributed by atoms with Crippen LogP contribution in [0.25, 0.3) is 0 Å². The Hall–Kier alpha value is -0.650. The Bertz CT molecular complexity index is 469. The van der Waals surface area contributed by atoms with Crippen LogP contribution in [-0.4, -0.2) is 33.8 Å². The Kier molecular flexibility index (Phi) is 4.01. The zero-order valence-electron chi connectivity index (χ0n) is 9.19. The summed E-state index contributed by atoms with van der Waals surface area (Å²) in [5.41, 5.74) is 7.29. The fraction of sp³-hybridized carbons (Fsp3) is 0.364. The van der Waals surface area contributed by atoms with Crippen LogP contribution in [0.15, 0.2) is 18.2 Å². The molecule has 0 bridgehead atoms. The standard InChI is InChI=1S/C11H13ClN2OS2/c12-10-7-8(1-2-9(10)11(13)16)14-3-5-17(15)6-4-14/h1-2,7H,3-6H2,(H2,13,16). The SMILES string of the molecule is NC(=S)c1ccc(N2CCS(=O)CC2)cc1Cl. The van der Waals surface area contributed by atoms with E-state index in [1.54, 1.807) is 0 Å². The van der Waals surface area contributed by atoms with Crippen molar-refractivity contribution in [3.05, 3.63) is 28.8 Å². The summed E-state index contributed by atoms with van der Waals surface area (Å²) in [4.78, 5) is 2.48. The van der Waals surface area contributed by atoms with Crippen LogP contribution in [0.4, 0.5) is 5.69 Å². The molecule has 1 aliphatic heterocycles. The number of rotatable bonds is 2. The van der Waals surface area contributed by atoms with Crippen LogP contribution in [0.1, 0.15) is 5.56 Å². The van der Waals surface area contributed by atoms with E-state index in [2.05, 4.69) is 4.90 Å². The number of nitrogens with zero attached hydrogens (tertiary/aromatic N) is 1. The Morgan fingerprint density at radius 3 is 2.59 bits per heavy atom. The molecule has 0 amide bonds. The van der Waals surface area contributed by atoms with Crippen molar-refractivity contribution in [2.24, 2.45) is 5.73 Å². The largest absolute Gasteiger partial charge is 0.389 e. The van der Waals surface area contributed by atoms with Gasteiger partial charge in [0.05, 0.1) is 5.02 Å². The maximum atomic E-state index is 11.3. The highest BCUT2D eigenvalue weighted by molar-refractivity contribution is 7.85. The van der Waals surface area contributed by atoms with Gasteiger partial charge < -0.3 is 10.6 Å². The molecule has 6 heteroatoms. The van der Waals surface area contributed by atoms with Crippen molar-refractivity contribution in [1.29, 1.82) is 0 Å². The number of thiocarbonyl (C=S) groups is 1. The molecule has 17 heavy (non-hydrogen) atoms. The lowest BCUT2D eigenvalue weighted by atomic mass is 10.2. The van der Waals surface area contributed by atoms with Crippen LogP contribution < -0.4 is 10.6 Å². The van der Waals surface area contributed by atoms with Gasteiger partial charge in [0, 0.05) is 46.6 Å². The fourth-order valence-corrected chi connectivity index (χ4v) is 3.36. The van der Waals surface area contributed by atoms with Crippen molar-refractivity contribution in [3.63, 3.8) is 0 Å². The fourth-order valence-electron chi connectivity index (χ4n) is 1.80. The van der Waals surface area contributed by atoms with Crippen LogP contribution in [0.5, 0.6) is 0 Å². The highest BCUT2D eigenvalue weighted by atomic mass is 35.5. The number of anilines is 1. The number of halogens is 1. The van der Waals surface area contributed by atoms with E-state index in [-0.39, 0.29) is 0 Å². The van der Waals surface area contributed by atoms with Crippen molar-refractivity contribution >= 4 is 45.3 Å². The summed E-state index contributed by atoms with van der Waals surface area (Å²) in [5, 5.41) is 0.571. The van der Waals surface area contributed by atoms with Crippen LogP contribution in [0.2, 0.25) is 5.02 Å². The monoisotopic (exact) mass is 288 g/mol. The third-order valence-electron chi connectivity index (χ3n) is 2.76. The van der Waals surface area contributed by atoms with Gasteiger partial charge in [0.2, 0.25) is 0 Å². The Morgan fingerprint density at radius 2 is 2.06 bits per heavy atom. The van der Waals surface area contributed by atoms with E-state index >= 15 is 0 Å². The maximum Gasteiger partial charge on any atom is 0.105 e. The van der Waals surface area contributed by atoms with Gasteiger partial charge >= 0.3 is 0 Å². The second-order valence-electron chi connectivity index (χ2n) is 3.86. The smallest absolute Gasteiger partial charge is 0.105 e. The first-order chi connectivity index (χ1) is 8.08. The zero-order chi connectivity index (χ0) is 12.4. The summed E-state index contributed by atoms with van der Waals surface area (Å²) in [6.45, 7) is 1.60. The van der Waals surface area contributed by atoms with Gasteiger partial charge in [-0.05, 0) is 18.2 Å². The molecule has 2 rings (SSSR count). The molecule has 0 unspecified atom stereocenters. The first-order valence-electron chi connectivity index (χ1n) is 5.27. The number of nitrogens with two attached hydrogens (primary N) is 1. The molecular formula is C11H13ClN2OS2. The average Bonchev–Trinajstić information content (AvgIpc) is 2.29. The van der Waals surface area contributed by atoms with Gasteiger partial charge in [0.25, 0.3) is 0 Å². The summed E-state index contributed by atoms with van der Waals surface area (Å²) in [5.74, 6) is 1.43. The van der Waals surface area contributed by atoms with Gasteiger partial charge in [-0.15, -0.1) is 0 Å². The zero-order valence-corrected chi connectivity index (χ0v) is 11.6. The normalized spacial score (nSPS) is 17.1. The van der Waals surface area contributed by atoms with Gasteiger partial charge in [-0.3, -0.25) is 4.21 Å². The molecule has 92 valence electrons. The summed E-state index contributed by atoms with van der Waals surface area (Å²) in [6.07, 6.45) is 0. The molecule has 0 aliphatic carbocycles. The lowest BCUT2D eigenvalue weighted by molar-refractivity contribution is 0.673. The van der Waals surface area contributed by atoms with E-state index in [0.717, 1.165) is 18.8 Å².